The van der Waals surface area contributed by atoms with E-state index in [-0.39, 0.29) is 11.8 Å². The molecule has 0 atom stereocenters. The molecule has 2 rings (SSSR count). The van der Waals surface area contributed by atoms with E-state index in [1.54, 1.807) is 0 Å². The molecule has 0 bridgehead atoms. The highest BCUT2D eigenvalue weighted by atomic mass is 16.4. The molecular formula is C15H18O3. The smallest absolute Gasteiger partial charge is 0.311 e. The van der Waals surface area contributed by atoms with Crippen LogP contribution in [0.25, 0.3) is 11.0 Å². The van der Waals surface area contributed by atoms with Crippen LogP contribution in [0.3, 0.4) is 0 Å². The number of carbonyl (C=O) groups is 1. The monoisotopic (exact) mass is 246 g/mol. The van der Waals surface area contributed by atoms with E-state index in [1.807, 2.05) is 19.1 Å². The SMILES string of the molecule is Cc1c(CC(=O)O)oc2ccc(C(C)(C)C)cc12. The van der Waals surface area contributed by atoms with E-state index in [4.69, 9.17) is 9.52 Å². The molecule has 1 heterocycles. The first-order chi connectivity index (χ1) is 8.29. The van der Waals surface area contributed by atoms with Crippen molar-refractivity contribution < 1.29 is 14.3 Å². The predicted octanol–water partition coefficient (Wildman–Crippen LogP) is 3.67. The van der Waals surface area contributed by atoms with Gasteiger partial charge in [-0.25, -0.2) is 0 Å². The lowest BCUT2D eigenvalue weighted by Gasteiger charge is -2.18. The molecule has 1 aromatic heterocycles. The number of fused-ring (bicyclic) bond motifs is 1. The first-order valence-electron chi connectivity index (χ1n) is 6.03. The van der Waals surface area contributed by atoms with Crippen molar-refractivity contribution in [1.29, 1.82) is 0 Å². The van der Waals surface area contributed by atoms with Crippen LogP contribution in [0.15, 0.2) is 22.6 Å². The van der Waals surface area contributed by atoms with Gasteiger partial charge < -0.3 is 9.52 Å². The molecule has 1 aromatic carbocycles. The summed E-state index contributed by atoms with van der Waals surface area (Å²) < 4.78 is 5.60. The van der Waals surface area contributed by atoms with E-state index in [9.17, 15) is 4.79 Å². The maximum atomic E-state index is 10.8. The van der Waals surface area contributed by atoms with Gasteiger partial charge in [0.05, 0.1) is 0 Å². The van der Waals surface area contributed by atoms with Crippen LogP contribution in [0, 0.1) is 6.92 Å². The second kappa shape index (κ2) is 4.16. The lowest BCUT2D eigenvalue weighted by Crippen LogP contribution is -2.10. The highest BCUT2D eigenvalue weighted by Crippen LogP contribution is 2.31. The largest absolute Gasteiger partial charge is 0.481 e. The Balaban J connectivity index is 2.57. The molecule has 0 radical (unpaired) electrons. The van der Waals surface area contributed by atoms with Gasteiger partial charge in [-0.05, 0) is 35.6 Å². The summed E-state index contributed by atoms with van der Waals surface area (Å²) >= 11 is 0. The predicted molar refractivity (Wildman–Crippen MR) is 71.0 cm³/mol. The van der Waals surface area contributed by atoms with Crippen LogP contribution in [0.5, 0.6) is 0 Å². The van der Waals surface area contributed by atoms with Gasteiger partial charge in [-0.15, -0.1) is 0 Å². The normalized spacial score (nSPS) is 12.0. The second-order valence-electron chi connectivity index (χ2n) is 5.68. The molecule has 96 valence electrons. The van der Waals surface area contributed by atoms with Crippen molar-refractivity contribution in [2.75, 3.05) is 0 Å². The Morgan fingerprint density at radius 3 is 2.56 bits per heavy atom. The standard InChI is InChI=1S/C15H18O3/c1-9-11-7-10(15(2,3)4)5-6-12(11)18-13(9)8-14(16)17/h5-7H,8H2,1-4H3,(H,16,17). The molecule has 0 aliphatic carbocycles. The molecule has 1 N–H and O–H groups in total. The van der Waals surface area contributed by atoms with Crippen molar-refractivity contribution in [1.82, 2.24) is 0 Å². The van der Waals surface area contributed by atoms with Gasteiger partial charge in [-0.3, -0.25) is 4.79 Å². The van der Waals surface area contributed by atoms with Crippen molar-refractivity contribution in [2.24, 2.45) is 0 Å². The molecule has 0 saturated heterocycles. The average Bonchev–Trinajstić information content (AvgIpc) is 2.53. The minimum Gasteiger partial charge on any atom is -0.481 e. The van der Waals surface area contributed by atoms with E-state index in [0.717, 1.165) is 16.5 Å². The van der Waals surface area contributed by atoms with Crippen molar-refractivity contribution in [2.45, 2.75) is 39.5 Å². The topological polar surface area (TPSA) is 50.4 Å². The number of carboxylic acid groups (broad SMARTS) is 1. The number of aliphatic carboxylic acids is 1. The van der Waals surface area contributed by atoms with Crippen LogP contribution >= 0.6 is 0 Å². The summed E-state index contributed by atoms with van der Waals surface area (Å²) in [6.45, 7) is 8.38. The number of rotatable bonds is 2. The van der Waals surface area contributed by atoms with Crippen LogP contribution < -0.4 is 0 Å². The number of benzene rings is 1. The Hall–Kier alpha value is -1.77. The molecular weight excluding hydrogens is 228 g/mol. The highest BCUT2D eigenvalue weighted by Gasteiger charge is 2.18. The summed E-state index contributed by atoms with van der Waals surface area (Å²) in [6, 6.07) is 6.06. The fourth-order valence-corrected chi connectivity index (χ4v) is 2.04. The number of hydrogen-bond donors (Lipinski definition) is 1. The molecule has 0 spiro atoms. The summed E-state index contributed by atoms with van der Waals surface area (Å²) in [4.78, 5) is 10.8. The molecule has 0 amide bonds. The maximum absolute atomic E-state index is 10.8. The van der Waals surface area contributed by atoms with Crippen molar-refractivity contribution in [3.8, 4) is 0 Å². The Morgan fingerprint density at radius 1 is 1.33 bits per heavy atom. The summed E-state index contributed by atoms with van der Waals surface area (Å²) in [6.07, 6.45) is -0.0641. The Bertz CT molecular complexity index is 600. The Labute approximate surface area is 106 Å². The highest BCUT2D eigenvalue weighted by molar-refractivity contribution is 5.84. The van der Waals surface area contributed by atoms with Gasteiger partial charge in [0, 0.05) is 5.39 Å². The van der Waals surface area contributed by atoms with Crippen LogP contribution in [-0.2, 0) is 16.6 Å². The molecule has 3 heteroatoms. The summed E-state index contributed by atoms with van der Waals surface area (Å²) in [5.41, 5.74) is 2.99. The fraction of sp³-hybridized carbons (Fsp3) is 0.400. The average molecular weight is 246 g/mol. The third kappa shape index (κ3) is 2.26. The second-order valence-corrected chi connectivity index (χ2v) is 5.68. The lowest BCUT2D eigenvalue weighted by atomic mass is 9.86. The minimum atomic E-state index is -0.867. The zero-order valence-electron chi connectivity index (χ0n) is 11.2. The van der Waals surface area contributed by atoms with Crippen LogP contribution in [0.4, 0.5) is 0 Å². The number of furan rings is 1. The first-order valence-corrected chi connectivity index (χ1v) is 6.03. The van der Waals surface area contributed by atoms with Gasteiger partial charge in [0.1, 0.15) is 17.8 Å². The van der Waals surface area contributed by atoms with Crippen molar-refractivity contribution in [3.05, 3.63) is 35.1 Å². The third-order valence-electron chi connectivity index (χ3n) is 3.21. The Kier molecular flexibility index (Phi) is 2.93. The number of hydrogen-bond acceptors (Lipinski definition) is 2. The van der Waals surface area contributed by atoms with Gasteiger partial charge in [0.15, 0.2) is 0 Å². The maximum Gasteiger partial charge on any atom is 0.311 e. The quantitative estimate of drug-likeness (QED) is 0.879. The van der Waals surface area contributed by atoms with E-state index in [0.29, 0.717) is 5.76 Å². The van der Waals surface area contributed by atoms with Crippen LogP contribution in [0.1, 0.15) is 37.7 Å². The molecule has 2 aromatic rings. The molecule has 3 nitrogen and oxygen atoms in total. The summed E-state index contributed by atoms with van der Waals surface area (Å²) in [7, 11) is 0. The lowest BCUT2D eigenvalue weighted by molar-refractivity contribution is -0.136. The molecule has 0 aliphatic heterocycles. The Morgan fingerprint density at radius 2 is 2.00 bits per heavy atom. The van der Waals surface area contributed by atoms with Crippen molar-refractivity contribution in [3.63, 3.8) is 0 Å². The van der Waals surface area contributed by atoms with Gasteiger partial charge in [0.25, 0.3) is 0 Å². The molecule has 0 fully saturated rings. The number of carboxylic acids is 1. The van der Waals surface area contributed by atoms with E-state index < -0.39 is 5.97 Å². The van der Waals surface area contributed by atoms with Gasteiger partial charge in [-0.1, -0.05) is 26.8 Å². The van der Waals surface area contributed by atoms with E-state index in [2.05, 4.69) is 26.8 Å². The van der Waals surface area contributed by atoms with Gasteiger partial charge >= 0.3 is 5.97 Å². The third-order valence-corrected chi connectivity index (χ3v) is 3.21. The molecule has 0 saturated carbocycles. The van der Waals surface area contributed by atoms with E-state index >= 15 is 0 Å². The minimum absolute atomic E-state index is 0.0641. The van der Waals surface area contributed by atoms with Crippen molar-refractivity contribution >= 4 is 16.9 Å². The fourth-order valence-electron chi connectivity index (χ4n) is 2.04. The van der Waals surface area contributed by atoms with Gasteiger partial charge in [-0.2, -0.15) is 0 Å². The molecule has 18 heavy (non-hydrogen) atoms. The van der Waals surface area contributed by atoms with Crippen LogP contribution in [-0.4, -0.2) is 11.1 Å². The molecule has 0 aliphatic rings. The number of aryl methyl sites for hydroxylation is 1. The zero-order chi connectivity index (χ0) is 13.5. The molecule has 0 unspecified atom stereocenters. The first kappa shape index (κ1) is 12.7. The van der Waals surface area contributed by atoms with Crippen LogP contribution in [0.2, 0.25) is 0 Å². The zero-order valence-corrected chi connectivity index (χ0v) is 11.2. The van der Waals surface area contributed by atoms with E-state index in [1.165, 1.54) is 5.56 Å². The summed E-state index contributed by atoms with van der Waals surface area (Å²) in [5.74, 6) is -0.322. The summed E-state index contributed by atoms with van der Waals surface area (Å²) in [5, 5.41) is 9.85. The van der Waals surface area contributed by atoms with Gasteiger partial charge in [0.2, 0.25) is 0 Å².